The summed E-state index contributed by atoms with van der Waals surface area (Å²) in [7, 11) is 0. The summed E-state index contributed by atoms with van der Waals surface area (Å²) < 4.78 is 0. The Morgan fingerprint density at radius 1 is 1.75 bits per heavy atom. The number of hydrogen-bond donors (Lipinski definition) is 1. The van der Waals surface area contributed by atoms with Crippen LogP contribution in [0.4, 0.5) is 0 Å². The molecule has 0 aromatic rings. The van der Waals surface area contributed by atoms with Crippen molar-refractivity contribution >= 4 is 6.21 Å². The molecule has 0 aromatic heterocycles. The van der Waals surface area contributed by atoms with Crippen molar-refractivity contribution in [3.8, 4) is 12.3 Å². The Hall–Kier alpha value is -1.01. The van der Waals surface area contributed by atoms with Crippen molar-refractivity contribution in [3.63, 3.8) is 0 Å². The predicted octanol–water partition coefficient (Wildman–Crippen LogP) is 0.622. The molecular formula is C9H14N2O. The third kappa shape index (κ3) is 3.40. The number of terminal acetylenes is 1. The molecule has 0 aromatic carbocycles. The van der Waals surface area contributed by atoms with Gasteiger partial charge in [-0.1, -0.05) is 11.1 Å². The van der Waals surface area contributed by atoms with E-state index in [1.807, 2.05) is 6.21 Å². The van der Waals surface area contributed by atoms with Crippen molar-refractivity contribution in [2.24, 2.45) is 11.1 Å². The molecule has 1 aliphatic rings. The van der Waals surface area contributed by atoms with Crippen LogP contribution in [-0.4, -0.2) is 25.9 Å². The van der Waals surface area contributed by atoms with Crippen LogP contribution >= 0.6 is 0 Å². The summed E-state index contributed by atoms with van der Waals surface area (Å²) >= 11 is 0. The molecule has 1 unspecified atom stereocenters. The molecule has 3 nitrogen and oxygen atoms in total. The highest BCUT2D eigenvalue weighted by Crippen LogP contribution is 2.06. The molecule has 1 aliphatic heterocycles. The fraction of sp³-hybridized carbons (Fsp3) is 0.667. The lowest BCUT2D eigenvalue weighted by Gasteiger charge is -2.18. The van der Waals surface area contributed by atoms with Crippen LogP contribution in [0.2, 0.25) is 0 Å². The maximum Gasteiger partial charge on any atom is 0.177 e. The molecular weight excluding hydrogens is 152 g/mol. The summed E-state index contributed by atoms with van der Waals surface area (Å²) in [6.45, 7) is 2.38. The van der Waals surface area contributed by atoms with Gasteiger partial charge in [-0.05, 0) is 19.4 Å². The van der Waals surface area contributed by atoms with Gasteiger partial charge in [-0.3, -0.25) is 0 Å². The molecule has 66 valence electrons. The second-order valence-electron chi connectivity index (χ2n) is 2.84. The number of rotatable bonds is 3. The van der Waals surface area contributed by atoms with Crippen LogP contribution in [0.1, 0.15) is 12.8 Å². The second kappa shape index (κ2) is 5.62. The molecule has 0 saturated carbocycles. The summed E-state index contributed by atoms with van der Waals surface area (Å²) in [4.78, 5) is 4.79. The van der Waals surface area contributed by atoms with Gasteiger partial charge in [0, 0.05) is 18.7 Å². The van der Waals surface area contributed by atoms with Crippen LogP contribution in [0.15, 0.2) is 5.16 Å². The first-order valence-corrected chi connectivity index (χ1v) is 4.23. The van der Waals surface area contributed by atoms with Crippen LogP contribution in [0.5, 0.6) is 0 Å². The van der Waals surface area contributed by atoms with E-state index >= 15 is 0 Å². The number of nitrogens with one attached hydrogen (secondary N) is 1. The van der Waals surface area contributed by atoms with Crippen LogP contribution in [0.3, 0.4) is 0 Å². The summed E-state index contributed by atoms with van der Waals surface area (Å²) in [5.74, 6) is 2.86. The zero-order valence-electron chi connectivity index (χ0n) is 7.12. The maximum atomic E-state index is 4.99. The van der Waals surface area contributed by atoms with Crippen LogP contribution < -0.4 is 5.32 Å². The minimum absolute atomic E-state index is 0.261. The van der Waals surface area contributed by atoms with E-state index in [0.29, 0.717) is 5.92 Å². The molecule has 1 fully saturated rings. The maximum absolute atomic E-state index is 4.99. The van der Waals surface area contributed by atoms with Gasteiger partial charge in [0.2, 0.25) is 0 Å². The molecule has 0 aliphatic carbocycles. The zero-order valence-corrected chi connectivity index (χ0v) is 7.12. The number of piperidine rings is 1. The van der Waals surface area contributed by atoms with E-state index in [1.54, 1.807) is 0 Å². The minimum Gasteiger partial charge on any atom is -0.383 e. The van der Waals surface area contributed by atoms with Gasteiger partial charge in [0.15, 0.2) is 6.61 Å². The molecule has 0 radical (unpaired) electrons. The molecule has 0 bridgehead atoms. The van der Waals surface area contributed by atoms with Crippen molar-refractivity contribution in [1.29, 1.82) is 0 Å². The Bertz CT molecular complexity index is 177. The minimum atomic E-state index is 0.261. The van der Waals surface area contributed by atoms with Crippen molar-refractivity contribution in [3.05, 3.63) is 0 Å². The third-order valence-electron chi connectivity index (χ3n) is 1.83. The number of oxime groups is 1. The predicted molar refractivity (Wildman–Crippen MR) is 48.9 cm³/mol. The Balaban J connectivity index is 2.12. The van der Waals surface area contributed by atoms with E-state index < -0.39 is 0 Å². The van der Waals surface area contributed by atoms with Gasteiger partial charge in [0.1, 0.15) is 0 Å². The smallest absolute Gasteiger partial charge is 0.177 e. The Morgan fingerprint density at radius 3 is 3.33 bits per heavy atom. The van der Waals surface area contributed by atoms with Crippen molar-refractivity contribution in [1.82, 2.24) is 5.32 Å². The number of nitrogens with zero attached hydrogens (tertiary/aromatic N) is 1. The summed E-state index contributed by atoms with van der Waals surface area (Å²) in [5, 5.41) is 7.07. The summed E-state index contributed by atoms with van der Waals surface area (Å²) in [5.41, 5.74) is 0. The Labute approximate surface area is 73.2 Å². The van der Waals surface area contributed by atoms with E-state index in [9.17, 15) is 0 Å². The van der Waals surface area contributed by atoms with E-state index in [0.717, 1.165) is 13.1 Å². The fourth-order valence-electron chi connectivity index (χ4n) is 1.21. The largest absolute Gasteiger partial charge is 0.383 e. The van der Waals surface area contributed by atoms with Gasteiger partial charge in [-0.2, -0.15) is 0 Å². The van der Waals surface area contributed by atoms with E-state index in [1.165, 1.54) is 12.8 Å². The molecule has 1 saturated heterocycles. The molecule has 1 rings (SSSR count). The first-order chi connectivity index (χ1) is 5.93. The standard InChI is InChI=1S/C9H14N2O/c1-2-6-12-11-8-9-4-3-5-10-7-9/h1,8-10H,3-7H2. The van der Waals surface area contributed by atoms with E-state index in [-0.39, 0.29) is 6.61 Å². The Morgan fingerprint density at radius 2 is 2.67 bits per heavy atom. The first-order valence-electron chi connectivity index (χ1n) is 4.23. The number of hydrogen-bond acceptors (Lipinski definition) is 3. The lowest BCUT2D eigenvalue weighted by molar-refractivity contribution is 0.179. The highest BCUT2D eigenvalue weighted by molar-refractivity contribution is 5.60. The highest BCUT2D eigenvalue weighted by atomic mass is 16.6. The lowest BCUT2D eigenvalue weighted by atomic mass is 10.0. The molecule has 0 amide bonds. The van der Waals surface area contributed by atoms with Gasteiger partial charge in [0.05, 0.1) is 0 Å². The zero-order chi connectivity index (χ0) is 8.65. The summed E-state index contributed by atoms with van der Waals surface area (Å²) in [6.07, 6.45) is 9.23. The summed E-state index contributed by atoms with van der Waals surface area (Å²) in [6, 6.07) is 0. The van der Waals surface area contributed by atoms with E-state index in [2.05, 4.69) is 16.4 Å². The Kier molecular flexibility index (Phi) is 4.25. The second-order valence-corrected chi connectivity index (χ2v) is 2.84. The topological polar surface area (TPSA) is 33.6 Å². The van der Waals surface area contributed by atoms with Crippen LogP contribution in [0, 0.1) is 18.3 Å². The molecule has 0 spiro atoms. The van der Waals surface area contributed by atoms with E-state index in [4.69, 9.17) is 11.3 Å². The lowest BCUT2D eigenvalue weighted by Crippen LogP contribution is -2.30. The van der Waals surface area contributed by atoms with Gasteiger partial charge in [-0.15, -0.1) is 6.42 Å². The average Bonchev–Trinajstić information content (AvgIpc) is 2.14. The molecule has 1 N–H and O–H groups in total. The SMILES string of the molecule is C#CCON=CC1CCCNC1. The van der Waals surface area contributed by atoms with Crippen molar-refractivity contribution in [2.45, 2.75) is 12.8 Å². The van der Waals surface area contributed by atoms with Gasteiger partial charge < -0.3 is 10.2 Å². The average molecular weight is 166 g/mol. The quantitative estimate of drug-likeness (QED) is 0.288. The van der Waals surface area contributed by atoms with Gasteiger partial charge >= 0.3 is 0 Å². The fourth-order valence-corrected chi connectivity index (χ4v) is 1.21. The molecule has 12 heavy (non-hydrogen) atoms. The first kappa shape index (κ1) is 9.08. The molecule has 1 atom stereocenters. The van der Waals surface area contributed by atoms with Crippen LogP contribution in [-0.2, 0) is 4.84 Å². The molecule has 1 heterocycles. The van der Waals surface area contributed by atoms with Crippen molar-refractivity contribution < 1.29 is 4.84 Å². The van der Waals surface area contributed by atoms with Crippen molar-refractivity contribution in [2.75, 3.05) is 19.7 Å². The van der Waals surface area contributed by atoms with Gasteiger partial charge in [-0.25, -0.2) is 0 Å². The third-order valence-corrected chi connectivity index (χ3v) is 1.83. The van der Waals surface area contributed by atoms with Crippen LogP contribution in [0.25, 0.3) is 0 Å². The normalized spacial score (nSPS) is 23.8. The van der Waals surface area contributed by atoms with Gasteiger partial charge in [0.25, 0.3) is 0 Å². The highest BCUT2D eigenvalue weighted by Gasteiger charge is 2.09. The molecule has 3 heteroatoms. The monoisotopic (exact) mass is 166 g/mol.